The van der Waals surface area contributed by atoms with E-state index >= 15 is 0 Å². The minimum Gasteiger partial charge on any atom is -0.309 e. The molecule has 71 heavy (non-hydrogen) atoms. The Morgan fingerprint density at radius 1 is 0.324 bits per heavy atom. The minimum absolute atomic E-state index is 0.486. The van der Waals surface area contributed by atoms with Crippen LogP contribution in [-0.2, 0) is 5.41 Å². The topological polar surface area (TPSA) is 8.17 Å². The summed E-state index contributed by atoms with van der Waals surface area (Å²) in [5.41, 5.74) is 16.8. The van der Waals surface area contributed by atoms with Gasteiger partial charge in [-0.3, -0.25) is 4.90 Å². The summed E-state index contributed by atoms with van der Waals surface area (Å²) in [6.45, 7) is 0. The molecule has 0 bridgehead atoms. The number of rotatable bonds is 9. The fourth-order valence-corrected chi connectivity index (χ4v) is 13.6. The minimum atomic E-state index is -0.486. The lowest BCUT2D eigenvalue weighted by Gasteiger charge is -2.34. The van der Waals surface area contributed by atoms with E-state index in [2.05, 4.69) is 276 Å². The normalized spacial score (nSPS) is 12.6. The maximum atomic E-state index is 2.48. The van der Waals surface area contributed by atoms with Crippen LogP contribution >= 0.6 is 22.7 Å². The van der Waals surface area contributed by atoms with Crippen molar-refractivity contribution >= 4 is 70.9 Å². The summed E-state index contributed by atoms with van der Waals surface area (Å²) >= 11 is 3.66. The maximum absolute atomic E-state index is 2.48. The lowest BCUT2D eigenvalue weighted by Crippen LogP contribution is -2.28. The molecule has 334 valence electrons. The van der Waals surface area contributed by atoms with Gasteiger partial charge in [-0.1, -0.05) is 206 Å². The molecule has 0 saturated carbocycles. The third-order valence-electron chi connectivity index (χ3n) is 14.6. The Labute approximate surface area is 421 Å². The summed E-state index contributed by atoms with van der Waals surface area (Å²) < 4.78 is 2.48. The Hall–Kier alpha value is -8.54. The molecule has 3 heterocycles. The van der Waals surface area contributed by atoms with E-state index in [1.165, 1.54) is 108 Å². The van der Waals surface area contributed by atoms with Crippen LogP contribution in [0.5, 0.6) is 0 Å². The van der Waals surface area contributed by atoms with E-state index in [1.54, 1.807) is 0 Å². The first kappa shape index (κ1) is 41.4. The Kier molecular flexibility index (Phi) is 9.83. The van der Waals surface area contributed by atoms with Crippen molar-refractivity contribution in [1.82, 2.24) is 4.57 Å². The lowest BCUT2D eigenvalue weighted by molar-refractivity contribution is 0.767. The molecule has 13 aromatic rings. The zero-order valence-corrected chi connectivity index (χ0v) is 40.2. The van der Waals surface area contributed by atoms with Crippen molar-refractivity contribution in [3.8, 4) is 48.8 Å². The Bertz CT molecular complexity index is 3990. The molecule has 0 atom stereocenters. The second-order valence-corrected chi connectivity index (χ2v) is 20.5. The highest BCUT2D eigenvalue weighted by Gasteiger charge is 2.46. The first-order chi connectivity index (χ1) is 35.2. The predicted octanol–water partition coefficient (Wildman–Crippen LogP) is 18.9. The largest absolute Gasteiger partial charge is 0.309 e. The first-order valence-electron chi connectivity index (χ1n) is 24.2. The molecular weight excluding hydrogens is 897 g/mol. The van der Waals surface area contributed by atoms with Crippen LogP contribution < -0.4 is 4.90 Å². The van der Waals surface area contributed by atoms with Gasteiger partial charge in [0, 0.05) is 31.6 Å². The molecular formula is C67H44N2S2. The first-order valence-corrected chi connectivity index (χ1v) is 25.9. The Morgan fingerprint density at radius 2 is 0.845 bits per heavy atom. The van der Waals surface area contributed by atoms with Crippen LogP contribution in [0.15, 0.2) is 267 Å². The van der Waals surface area contributed by atoms with Crippen LogP contribution in [0.1, 0.15) is 22.3 Å². The van der Waals surface area contributed by atoms with Crippen LogP contribution in [0.3, 0.4) is 0 Å². The molecule has 1 aliphatic rings. The average Bonchev–Trinajstić information content (AvgIpc) is 4.26. The van der Waals surface area contributed by atoms with E-state index in [9.17, 15) is 0 Å². The van der Waals surface area contributed by atoms with Crippen molar-refractivity contribution in [2.45, 2.75) is 5.41 Å². The number of thiophene rings is 2. The second-order valence-electron chi connectivity index (χ2n) is 18.4. The van der Waals surface area contributed by atoms with E-state index in [0.717, 1.165) is 11.4 Å². The summed E-state index contributed by atoms with van der Waals surface area (Å²) in [6.07, 6.45) is 0. The SMILES string of the molecule is c1ccc(-c2ccc(N(c3ccc(-c4ccccc4)s3)c3ccc(-c4ccc5c(c4)c4ccccc4n5-c4ccc5c(c4)C(c4ccccc4)(c4ccccc4)c4ccccc4-5)c4ccccc34)s2)cc1. The summed E-state index contributed by atoms with van der Waals surface area (Å²) in [7, 11) is 0. The van der Waals surface area contributed by atoms with Crippen molar-refractivity contribution in [3.05, 3.63) is 289 Å². The second kappa shape index (κ2) is 16.9. The maximum Gasteiger partial charge on any atom is 0.101 e. The zero-order valence-electron chi connectivity index (χ0n) is 38.6. The summed E-state index contributed by atoms with van der Waals surface area (Å²) in [6, 6.07) is 98.5. The molecule has 10 aromatic carbocycles. The van der Waals surface area contributed by atoms with Gasteiger partial charge in [0.25, 0.3) is 0 Å². The fraction of sp³-hybridized carbons (Fsp3) is 0.0149. The van der Waals surface area contributed by atoms with Crippen LogP contribution in [-0.4, -0.2) is 4.57 Å². The van der Waals surface area contributed by atoms with Gasteiger partial charge in [0.15, 0.2) is 0 Å². The predicted molar refractivity (Wildman–Crippen MR) is 302 cm³/mol. The molecule has 0 spiro atoms. The highest BCUT2D eigenvalue weighted by atomic mass is 32.1. The third kappa shape index (κ3) is 6.60. The molecule has 0 aliphatic heterocycles. The molecule has 4 heteroatoms. The van der Waals surface area contributed by atoms with Gasteiger partial charge in [0.1, 0.15) is 10.0 Å². The highest BCUT2D eigenvalue weighted by Crippen LogP contribution is 2.57. The van der Waals surface area contributed by atoms with E-state index in [1.807, 2.05) is 22.7 Å². The number of hydrogen-bond acceptors (Lipinski definition) is 3. The van der Waals surface area contributed by atoms with Crippen molar-refractivity contribution in [1.29, 1.82) is 0 Å². The molecule has 14 rings (SSSR count). The molecule has 0 saturated heterocycles. The molecule has 2 nitrogen and oxygen atoms in total. The van der Waals surface area contributed by atoms with Crippen molar-refractivity contribution in [2.24, 2.45) is 0 Å². The Morgan fingerprint density at radius 3 is 1.51 bits per heavy atom. The number of benzene rings is 10. The van der Waals surface area contributed by atoms with Crippen LogP contribution in [0.2, 0.25) is 0 Å². The van der Waals surface area contributed by atoms with Gasteiger partial charge in [-0.2, -0.15) is 0 Å². The lowest BCUT2D eigenvalue weighted by atomic mass is 9.67. The van der Waals surface area contributed by atoms with Gasteiger partial charge in [-0.05, 0) is 122 Å². The van der Waals surface area contributed by atoms with E-state index in [4.69, 9.17) is 0 Å². The molecule has 0 fully saturated rings. The van der Waals surface area contributed by atoms with Gasteiger partial charge in [0.2, 0.25) is 0 Å². The number of hydrogen-bond donors (Lipinski definition) is 0. The quantitative estimate of drug-likeness (QED) is 0.140. The number of aromatic nitrogens is 1. The molecule has 0 unspecified atom stereocenters. The molecule has 0 amide bonds. The number of para-hydroxylation sites is 1. The molecule has 3 aromatic heterocycles. The van der Waals surface area contributed by atoms with Gasteiger partial charge >= 0.3 is 0 Å². The standard InChI is InChI=1S/C67H44N2S2/c1-5-19-45(20-6-1)63-39-41-65(70-63)69(66-42-40-64(71-66)46-21-7-2-8-22-46)61-38-36-51(52-27-13-14-29-55(52)61)47-33-37-62-57(43-47)56-30-16-18-32-60(56)68(62)50-34-35-54-53-28-15-17-31-58(53)67(59(54)44-50,48-23-9-3-10-24-48)49-25-11-4-12-26-49/h1-44H. The van der Waals surface area contributed by atoms with E-state index in [-0.39, 0.29) is 0 Å². The monoisotopic (exact) mass is 940 g/mol. The molecule has 1 aliphatic carbocycles. The van der Waals surface area contributed by atoms with E-state index in [0.29, 0.717) is 0 Å². The highest BCUT2D eigenvalue weighted by molar-refractivity contribution is 7.21. The summed E-state index contributed by atoms with van der Waals surface area (Å²) in [5, 5.41) is 7.24. The number of fused-ring (bicyclic) bond motifs is 7. The van der Waals surface area contributed by atoms with Crippen LogP contribution in [0.4, 0.5) is 15.7 Å². The van der Waals surface area contributed by atoms with Crippen LogP contribution in [0.25, 0.3) is 81.4 Å². The Balaban J connectivity index is 0.924. The number of anilines is 3. The van der Waals surface area contributed by atoms with Crippen molar-refractivity contribution in [3.63, 3.8) is 0 Å². The van der Waals surface area contributed by atoms with E-state index < -0.39 is 5.41 Å². The summed E-state index contributed by atoms with van der Waals surface area (Å²) in [5.74, 6) is 0. The summed E-state index contributed by atoms with van der Waals surface area (Å²) in [4.78, 5) is 4.96. The molecule has 0 radical (unpaired) electrons. The van der Waals surface area contributed by atoms with Gasteiger partial charge in [0.05, 0.1) is 22.1 Å². The van der Waals surface area contributed by atoms with Crippen molar-refractivity contribution in [2.75, 3.05) is 4.90 Å². The van der Waals surface area contributed by atoms with Crippen molar-refractivity contribution < 1.29 is 0 Å². The fourth-order valence-electron chi connectivity index (χ4n) is 11.5. The van der Waals surface area contributed by atoms with Gasteiger partial charge in [-0.25, -0.2) is 0 Å². The third-order valence-corrected chi connectivity index (χ3v) is 16.8. The van der Waals surface area contributed by atoms with Gasteiger partial charge in [-0.15, -0.1) is 22.7 Å². The average molecular weight is 941 g/mol. The van der Waals surface area contributed by atoms with Gasteiger partial charge < -0.3 is 4.57 Å². The van der Waals surface area contributed by atoms with Crippen LogP contribution in [0, 0.1) is 0 Å². The zero-order chi connectivity index (χ0) is 46.9. The smallest absolute Gasteiger partial charge is 0.101 e. The number of nitrogens with zero attached hydrogens (tertiary/aromatic N) is 2. The molecule has 0 N–H and O–H groups in total.